The van der Waals surface area contributed by atoms with E-state index in [2.05, 4.69) is 44.9 Å². The minimum atomic E-state index is -0.459. The van der Waals surface area contributed by atoms with E-state index < -0.39 is 5.97 Å². The van der Waals surface area contributed by atoms with Gasteiger partial charge in [-0.2, -0.15) is 5.10 Å². The molecule has 0 unspecified atom stereocenters. The van der Waals surface area contributed by atoms with Crippen molar-refractivity contribution in [2.45, 2.75) is 125 Å². The van der Waals surface area contributed by atoms with Crippen LogP contribution >= 0.6 is 11.8 Å². The second-order valence-corrected chi connectivity index (χ2v) is 12.1. The predicted molar refractivity (Wildman–Crippen MR) is 179 cm³/mol. The Labute approximate surface area is 259 Å². The van der Waals surface area contributed by atoms with Crippen molar-refractivity contribution in [3.05, 3.63) is 70.3 Å². The van der Waals surface area contributed by atoms with Gasteiger partial charge in [0.15, 0.2) is 0 Å². The Morgan fingerprint density at radius 2 is 1.38 bits per heavy atom. The van der Waals surface area contributed by atoms with Gasteiger partial charge in [0.2, 0.25) is 11.0 Å². The second-order valence-electron chi connectivity index (χ2n) is 11.0. The second kappa shape index (κ2) is 21.1. The van der Waals surface area contributed by atoms with Crippen LogP contribution in [0.25, 0.3) is 0 Å². The molecule has 2 aromatic carbocycles. The molecule has 0 aliphatic rings. The van der Waals surface area contributed by atoms with Gasteiger partial charge in [-0.05, 0) is 61.1 Å². The van der Waals surface area contributed by atoms with Gasteiger partial charge in [-0.15, -0.1) is 0 Å². The molecule has 0 aliphatic heterocycles. The van der Waals surface area contributed by atoms with E-state index in [1.54, 1.807) is 6.92 Å². The number of esters is 1. The lowest BCUT2D eigenvalue weighted by Gasteiger charge is -2.21. The number of ether oxygens (including phenoxy) is 1. The molecule has 0 saturated heterocycles. The van der Waals surface area contributed by atoms with Crippen LogP contribution in [0.15, 0.2) is 47.6 Å². The van der Waals surface area contributed by atoms with Crippen LogP contribution in [0, 0.1) is 6.92 Å². The Morgan fingerprint density at radius 1 is 0.810 bits per heavy atom. The first-order valence-corrected chi connectivity index (χ1v) is 17.3. The largest absolute Gasteiger partial charge is 0.461 e. The molecule has 0 saturated carbocycles. The van der Waals surface area contributed by atoms with Crippen LogP contribution in [0.4, 0.5) is 0 Å². The van der Waals surface area contributed by atoms with Crippen LogP contribution in [-0.2, 0) is 40.1 Å². The van der Waals surface area contributed by atoms with Crippen molar-refractivity contribution in [2.24, 2.45) is 5.10 Å². The van der Waals surface area contributed by atoms with E-state index >= 15 is 0 Å². The molecule has 5 nitrogen and oxygen atoms in total. The number of nitrogens with zero attached hydrogens (tertiary/aromatic N) is 2. The van der Waals surface area contributed by atoms with Crippen molar-refractivity contribution in [1.82, 2.24) is 5.01 Å². The summed E-state index contributed by atoms with van der Waals surface area (Å²) in [6.07, 6.45) is 14.6. The summed E-state index contributed by atoms with van der Waals surface area (Å²) in [7, 11) is 0. The standard InChI is InChI=1S/C36H54N2O3S/c1-6-10-11-12-13-14-15-16-17-21-24-42-35(36(40)41-9-4)37-38(28-30-22-19-18-20-23-30)34(39)27-33-31(7-2)25-29(5)26-32(33)8-3/h18-20,22-23,25-26H,6-17,21,24,27-28H2,1-5H3. The lowest BCUT2D eigenvalue weighted by atomic mass is 9.92. The summed E-state index contributed by atoms with van der Waals surface area (Å²) in [5.41, 5.74) is 5.66. The molecule has 0 fully saturated rings. The summed E-state index contributed by atoms with van der Waals surface area (Å²) in [6, 6.07) is 14.2. The maximum Gasteiger partial charge on any atom is 0.365 e. The maximum absolute atomic E-state index is 13.9. The Balaban J connectivity index is 2.15. The van der Waals surface area contributed by atoms with Gasteiger partial charge in [0.05, 0.1) is 19.6 Å². The number of carbonyl (C=O) groups excluding carboxylic acids is 2. The molecule has 0 radical (unpaired) electrons. The van der Waals surface area contributed by atoms with E-state index in [-0.39, 0.29) is 24.0 Å². The molecule has 232 valence electrons. The van der Waals surface area contributed by atoms with Crippen molar-refractivity contribution >= 4 is 28.7 Å². The first kappa shape index (κ1) is 35.6. The van der Waals surface area contributed by atoms with Gasteiger partial charge in [0, 0.05) is 0 Å². The molecular formula is C36H54N2O3S. The lowest BCUT2D eigenvalue weighted by Crippen LogP contribution is -2.30. The topological polar surface area (TPSA) is 59.0 Å². The number of unbranched alkanes of at least 4 members (excludes halogenated alkanes) is 9. The third-order valence-electron chi connectivity index (χ3n) is 7.53. The molecule has 0 bridgehead atoms. The summed E-state index contributed by atoms with van der Waals surface area (Å²) in [5, 5.41) is 6.42. The SMILES string of the molecule is CCCCCCCCCCCCSC(=NN(Cc1ccccc1)C(=O)Cc1c(CC)cc(C)cc1CC)C(=O)OCC. The number of benzene rings is 2. The summed E-state index contributed by atoms with van der Waals surface area (Å²) in [4.78, 5) is 26.8. The van der Waals surface area contributed by atoms with Gasteiger partial charge in [0.1, 0.15) is 0 Å². The predicted octanol–water partition coefficient (Wildman–Crippen LogP) is 9.22. The van der Waals surface area contributed by atoms with Crippen molar-refractivity contribution in [2.75, 3.05) is 12.4 Å². The number of amides is 1. The van der Waals surface area contributed by atoms with Gasteiger partial charge < -0.3 is 4.74 Å². The Kier molecular flexibility index (Phi) is 17.9. The highest BCUT2D eigenvalue weighted by atomic mass is 32.2. The zero-order valence-corrected chi connectivity index (χ0v) is 27.7. The Hall–Kier alpha value is -2.60. The number of carbonyl (C=O) groups is 2. The summed E-state index contributed by atoms with van der Waals surface area (Å²) in [5.74, 6) is 0.201. The fourth-order valence-electron chi connectivity index (χ4n) is 5.20. The average molecular weight is 595 g/mol. The highest BCUT2D eigenvalue weighted by molar-refractivity contribution is 8.15. The summed E-state index contributed by atoms with van der Waals surface area (Å²) >= 11 is 1.41. The highest BCUT2D eigenvalue weighted by Gasteiger charge is 2.22. The minimum Gasteiger partial charge on any atom is -0.461 e. The van der Waals surface area contributed by atoms with Crippen molar-refractivity contribution < 1.29 is 14.3 Å². The van der Waals surface area contributed by atoms with E-state index in [9.17, 15) is 9.59 Å². The van der Waals surface area contributed by atoms with Gasteiger partial charge in [0.25, 0.3) is 0 Å². The lowest BCUT2D eigenvalue weighted by molar-refractivity contribution is -0.134. The molecule has 2 rings (SSSR count). The van der Waals surface area contributed by atoms with Crippen LogP contribution in [0.2, 0.25) is 0 Å². The first-order valence-electron chi connectivity index (χ1n) is 16.3. The van der Waals surface area contributed by atoms with Crippen molar-refractivity contribution in [3.63, 3.8) is 0 Å². The highest BCUT2D eigenvalue weighted by Crippen LogP contribution is 2.22. The normalized spacial score (nSPS) is 11.5. The number of hydrogen-bond donors (Lipinski definition) is 0. The molecule has 0 aliphatic carbocycles. The van der Waals surface area contributed by atoms with E-state index in [1.165, 1.54) is 84.8 Å². The fourth-order valence-corrected chi connectivity index (χ4v) is 6.07. The van der Waals surface area contributed by atoms with E-state index in [0.29, 0.717) is 6.54 Å². The van der Waals surface area contributed by atoms with E-state index in [4.69, 9.17) is 4.74 Å². The zero-order valence-electron chi connectivity index (χ0n) is 26.9. The van der Waals surface area contributed by atoms with Gasteiger partial charge in [-0.3, -0.25) is 4.79 Å². The molecule has 0 heterocycles. The monoisotopic (exact) mass is 594 g/mol. The number of aryl methyl sites for hydroxylation is 3. The number of hydrazone groups is 1. The van der Waals surface area contributed by atoms with Crippen LogP contribution in [0.1, 0.15) is 120 Å². The molecule has 42 heavy (non-hydrogen) atoms. The zero-order chi connectivity index (χ0) is 30.6. The van der Waals surface area contributed by atoms with Crippen LogP contribution in [0.3, 0.4) is 0 Å². The Morgan fingerprint density at radius 3 is 1.93 bits per heavy atom. The van der Waals surface area contributed by atoms with Gasteiger partial charge in [-0.25, -0.2) is 9.80 Å². The number of rotatable bonds is 19. The fraction of sp³-hybridized carbons (Fsp3) is 0.583. The molecule has 2 aromatic rings. The van der Waals surface area contributed by atoms with E-state index in [0.717, 1.165) is 42.6 Å². The number of hydrogen-bond acceptors (Lipinski definition) is 5. The van der Waals surface area contributed by atoms with Crippen LogP contribution < -0.4 is 0 Å². The molecule has 0 N–H and O–H groups in total. The molecular weight excluding hydrogens is 540 g/mol. The van der Waals surface area contributed by atoms with E-state index in [1.807, 2.05) is 30.3 Å². The molecule has 1 amide bonds. The molecule has 0 spiro atoms. The van der Waals surface area contributed by atoms with Crippen LogP contribution in [0.5, 0.6) is 0 Å². The van der Waals surface area contributed by atoms with Crippen molar-refractivity contribution in [1.29, 1.82) is 0 Å². The first-order chi connectivity index (χ1) is 20.4. The smallest absolute Gasteiger partial charge is 0.365 e. The molecule has 0 atom stereocenters. The summed E-state index contributed by atoms with van der Waals surface area (Å²) < 4.78 is 5.36. The quantitative estimate of drug-likeness (QED) is 0.0535. The number of thioether (sulfide) groups is 1. The third kappa shape index (κ3) is 13.1. The summed E-state index contributed by atoms with van der Waals surface area (Å²) in [6.45, 7) is 11.0. The van der Waals surface area contributed by atoms with Crippen molar-refractivity contribution in [3.8, 4) is 0 Å². The molecule has 6 heteroatoms. The average Bonchev–Trinajstić information content (AvgIpc) is 2.99. The Bertz CT molecular complexity index is 1080. The van der Waals surface area contributed by atoms with Gasteiger partial charge >= 0.3 is 5.97 Å². The minimum absolute atomic E-state index is 0.117. The molecule has 0 aromatic heterocycles. The van der Waals surface area contributed by atoms with Crippen LogP contribution in [-0.4, -0.2) is 34.3 Å². The third-order valence-corrected chi connectivity index (χ3v) is 8.54. The maximum atomic E-state index is 13.9. The van der Waals surface area contributed by atoms with Gasteiger partial charge in [-0.1, -0.05) is 138 Å².